The summed E-state index contributed by atoms with van der Waals surface area (Å²) in [6, 6.07) is 5.70. The summed E-state index contributed by atoms with van der Waals surface area (Å²) < 4.78 is 0. The smallest absolute Gasteiger partial charge is 0.326 e. The van der Waals surface area contributed by atoms with Crippen molar-refractivity contribution in [1.29, 1.82) is 0 Å². The second-order valence-corrected chi connectivity index (χ2v) is 4.17. The van der Waals surface area contributed by atoms with E-state index in [1.165, 1.54) is 0 Å². The van der Waals surface area contributed by atoms with E-state index in [-0.39, 0.29) is 12.8 Å². The largest absolute Gasteiger partial charge is 0.480 e. The second-order valence-electron chi connectivity index (χ2n) is 4.17. The molecule has 0 fully saturated rings. The molecule has 5 heteroatoms. The van der Waals surface area contributed by atoms with Crippen LogP contribution < -0.4 is 0 Å². The maximum absolute atomic E-state index is 12.2. The van der Waals surface area contributed by atoms with E-state index in [1.807, 2.05) is 0 Å². The summed E-state index contributed by atoms with van der Waals surface area (Å²) in [4.78, 5) is 36.0. The van der Waals surface area contributed by atoms with Gasteiger partial charge in [0.25, 0.3) is 5.91 Å². The minimum absolute atomic E-state index is 0.0751. The van der Waals surface area contributed by atoms with Gasteiger partial charge in [-0.05, 0) is 18.1 Å². The van der Waals surface area contributed by atoms with Gasteiger partial charge in [-0.15, -0.1) is 0 Å². The summed E-state index contributed by atoms with van der Waals surface area (Å²) >= 11 is 0. The first-order valence-corrected chi connectivity index (χ1v) is 5.73. The number of carboxylic acids is 1. The maximum atomic E-state index is 12.2. The van der Waals surface area contributed by atoms with Gasteiger partial charge in [-0.2, -0.15) is 0 Å². The quantitative estimate of drug-likeness (QED) is 0.811. The molecule has 0 spiro atoms. The Labute approximate surface area is 104 Å². The summed E-state index contributed by atoms with van der Waals surface area (Å²) in [7, 11) is 0. The van der Waals surface area contributed by atoms with Gasteiger partial charge in [0.2, 0.25) is 5.91 Å². The second kappa shape index (κ2) is 4.60. The number of aliphatic carboxylic acids is 1. The van der Waals surface area contributed by atoms with E-state index in [0.717, 1.165) is 4.90 Å². The minimum Gasteiger partial charge on any atom is -0.480 e. The molecule has 1 aliphatic heterocycles. The Kier molecular flexibility index (Phi) is 3.14. The van der Waals surface area contributed by atoms with Crippen molar-refractivity contribution in [2.24, 2.45) is 0 Å². The van der Waals surface area contributed by atoms with Gasteiger partial charge < -0.3 is 5.11 Å². The Bertz CT molecular complexity index is 523. The summed E-state index contributed by atoms with van der Waals surface area (Å²) in [5.41, 5.74) is 1.07. The SMILES string of the molecule is CCC(C(=O)O)N1C(=O)Cc2ccccc2C1=O. The van der Waals surface area contributed by atoms with Gasteiger partial charge in [0.1, 0.15) is 6.04 Å². The van der Waals surface area contributed by atoms with Gasteiger partial charge in [0.15, 0.2) is 0 Å². The molecule has 0 saturated heterocycles. The molecule has 0 radical (unpaired) electrons. The first-order valence-electron chi connectivity index (χ1n) is 5.73. The minimum atomic E-state index is -1.15. The van der Waals surface area contributed by atoms with Gasteiger partial charge >= 0.3 is 5.97 Å². The first-order chi connectivity index (χ1) is 8.56. The molecule has 18 heavy (non-hydrogen) atoms. The number of carboxylic acid groups (broad SMARTS) is 1. The molecule has 0 bridgehead atoms. The summed E-state index contributed by atoms with van der Waals surface area (Å²) in [6.45, 7) is 1.64. The zero-order valence-corrected chi connectivity index (χ0v) is 9.92. The van der Waals surface area contributed by atoms with Crippen LogP contribution in [0.15, 0.2) is 24.3 Å². The van der Waals surface area contributed by atoms with E-state index >= 15 is 0 Å². The Morgan fingerprint density at radius 1 is 1.39 bits per heavy atom. The third-order valence-corrected chi connectivity index (χ3v) is 3.06. The summed E-state index contributed by atoms with van der Waals surface area (Å²) in [5, 5.41) is 9.06. The monoisotopic (exact) mass is 247 g/mol. The molecule has 2 amide bonds. The average Bonchev–Trinajstić information content (AvgIpc) is 2.34. The highest BCUT2D eigenvalue weighted by Gasteiger charge is 2.38. The van der Waals surface area contributed by atoms with Crippen molar-refractivity contribution in [3.63, 3.8) is 0 Å². The number of benzene rings is 1. The molecule has 1 N–H and O–H groups in total. The van der Waals surface area contributed by atoms with Crippen LogP contribution in [-0.4, -0.2) is 33.8 Å². The predicted octanol–water partition coefficient (Wildman–Crippen LogP) is 1.07. The van der Waals surface area contributed by atoms with Crippen molar-refractivity contribution in [2.45, 2.75) is 25.8 Å². The molecular formula is C13H13NO4. The zero-order chi connectivity index (χ0) is 13.3. The number of carbonyl (C=O) groups is 3. The molecule has 94 valence electrons. The molecule has 0 aliphatic carbocycles. The van der Waals surface area contributed by atoms with Crippen LogP contribution in [0.2, 0.25) is 0 Å². The Balaban J connectivity index is 2.43. The van der Waals surface area contributed by atoms with E-state index in [4.69, 9.17) is 5.11 Å². The van der Waals surface area contributed by atoms with Crippen LogP contribution in [0.4, 0.5) is 0 Å². The van der Waals surface area contributed by atoms with Gasteiger partial charge in [0, 0.05) is 5.56 Å². The van der Waals surface area contributed by atoms with E-state index in [2.05, 4.69) is 0 Å². The molecule has 1 unspecified atom stereocenters. The number of rotatable bonds is 3. The van der Waals surface area contributed by atoms with E-state index in [9.17, 15) is 14.4 Å². The fraction of sp³-hybridized carbons (Fsp3) is 0.308. The molecule has 1 aromatic rings. The predicted molar refractivity (Wildman–Crippen MR) is 63.0 cm³/mol. The number of amides is 2. The fourth-order valence-electron chi connectivity index (χ4n) is 2.16. The Morgan fingerprint density at radius 3 is 2.67 bits per heavy atom. The number of hydrogen-bond acceptors (Lipinski definition) is 3. The molecule has 1 atom stereocenters. The zero-order valence-electron chi connectivity index (χ0n) is 9.92. The van der Waals surface area contributed by atoms with Crippen LogP contribution in [-0.2, 0) is 16.0 Å². The van der Waals surface area contributed by atoms with Gasteiger partial charge in [-0.1, -0.05) is 25.1 Å². The molecule has 1 aromatic carbocycles. The molecule has 0 saturated carbocycles. The van der Waals surface area contributed by atoms with Crippen LogP contribution in [0, 0.1) is 0 Å². The van der Waals surface area contributed by atoms with Crippen LogP contribution >= 0.6 is 0 Å². The maximum Gasteiger partial charge on any atom is 0.326 e. The van der Waals surface area contributed by atoms with Gasteiger partial charge in [-0.3, -0.25) is 14.5 Å². The topological polar surface area (TPSA) is 74.7 Å². The lowest BCUT2D eigenvalue weighted by Crippen LogP contribution is -2.51. The summed E-state index contributed by atoms with van der Waals surface area (Å²) in [5.74, 6) is -2.12. The number of nitrogens with zero attached hydrogens (tertiary/aromatic N) is 1. The van der Waals surface area contributed by atoms with Crippen molar-refractivity contribution in [3.8, 4) is 0 Å². The Hall–Kier alpha value is -2.17. The normalized spacial score (nSPS) is 16.4. The highest BCUT2D eigenvalue weighted by molar-refractivity contribution is 6.11. The first kappa shape index (κ1) is 12.3. The van der Waals surface area contributed by atoms with Crippen LogP contribution in [0.3, 0.4) is 0 Å². The number of imide groups is 1. The van der Waals surface area contributed by atoms with Crippen molar-refractivity contribution < 1.29 is 19.5 Å². The van der Waals surface area contributed by atoms with Gasteiger partial charge in [-0.25, -0.2) is 4.79 Å². The van der Waals surface area contributed by atoms with Crippen molar-refractivity contribution in [3.05, 3.63) is 35.4 Å². The third kappa shape index (κ3) is 1.88. The lowest BCUT2D eigenvalue weighted by molar-refractivity contribution is -0.148. The Morgan fingerprint density at radius 2 is 2.06 bits per heavy atom. The number of carbonyl (C=O) groups excluding carboxylic acids is 2. The molecule has 5 nitrogen and oxygen atoms in total. The third-order valence-electron chi connectivity index (χ3n) is 3.06. The van der Waals surface area contributed by atoms with Crippen LogP contribution in [0.1, 0.15) is 29.3 Å². The highest BCUT2D eigenvalue weighted by atomic mass is 16.4. The fourth-order valence-corrected chi connectivity index (χ4v) is 2.16. The molecular weight excluding hydrogens is 234 g/mol. The molecule has 1 aliphatic rings. The van der Waals surface area contributed by atoms with Crippen molar-refractivity contribution in [2.75, 3.05) is 0 Å². The van der Waals surface area contributed by atoms with E-state index in [1.54, 1.807) is 31.2 Å². The van der Waals surface area contributed by atoms with Crippen LogP contribution in [0.5, 0.6) is 0 Å². The standard InChI is InChI=1S/C13H13NO4/c1-2-10(13(17)18)14-11(15)7-8-5-3-4-6-9(8)12(14)16/h3-6,10H,2,7H2,1H3,(H,17,18). The lowest BCUT2D eigenvalue weighted by atomic mass is 9.96. The van der Waals surface area contributed by atoms with Crippen LogP contribution in [0.25, 0.3) is 0 Å². The summed E-state index contributed by atoms with van der Waals surface area (Å²) in [6.07, 6.45) is 0.278. The van der Waals surface area contributed by atoms with E-state index in [0.29, 0.717) is 11.1 Å². The van der Waals surface area contributed by atoms with Crippen molar-refractivity contribution in [1.82, 2.24) is 4.90 Å². The average molecular weight is 247 g/mol. The van der Waals surface area contributed by atoms with E-state index < -0.39 is 23.8 Å². The number of fused-ring (bicyclic) bond motifs is 1. The highest BCUT2D eigenvalue weighted by Crippen LogP contribution is 2.22. The molecule has 1 heterocycles. The molecule has 2 rings (SSSR count). The molecule has 0 aromatic heterocycles. The van der Waals surface area contributed by atoms with Crippen molar-refractivity contribution >= 4 is 17.8 Å². The lowest BCUT2D eigenvalue weighted by Gasteiger charge is -2.30. The van der Waals surface area contributed by atoms with Gasteiger partial charge in [0.05, 0.1) is 6.42 Å². The number of hydrogen-bond donors (Lipinski definition) is 1.